The topological polar surface area (TPSA) is 63.7 Å². The number of rotatable bonds is 6. The highest BCUT2D eigenvalue weighted by molar-refractivity contribution is 9.10. The first kappa shape index (κ1) is 24.0. The van der Waals surface area contributed by atoms with Crippen molar-refractivity contribution in [2.45, 2.75) is 12.8 Å². The van der Waals surface area contributed by atoms with E-state index in [-0.39, 0.29) is 5.91 Å². The van der Waals surface area contributed by atoms with Gasteiger partial charge in [0.1, 0.15) is 18.6 Å². The van der Waals surface area contributed by atoms with E-state index in [0.29, 0.717) is 29.5 Å². The van der Waals surface area contributed by atoms with Gasteiger partial charge in [0.05, 0.1) is 22.7 Å². The number of hydrogen-bond donors (Lipinski definition) is 1. The highest BCUT2D eigenvalue weighted by Gasteiger charge is 2.36. The molecule has 4 aromatic carbocycles. The van der Waals surface area contributed by atoms with Crippen molar-refractivity contribution < 1.29 is 14.3 Å². The van der Waals surface area contributed by atoms with Crippen LogP contribution in [0, 0.1) is 0 Å². The number of methoxy groups -OCH3 is 1. The van der Waals surface area contributed by atoms with E-state index in [0.717, 1.165) is 32.2 Å². The van der Waals surface area contributed by atoms with Crippen LogP contribution >= 0.6 is 15.9 Å². The lowest BCUT2D eigenvalue weighted by Crippen LogP contribution is -2.43. The van der Waals surface area contributed by atoms with E-state index in [9.17, 15) is 4.79 Å². The maximum Gasteiger partial charge on any atom is 0.264 e. The van der Waals surface area contributed by atoms with Gasteiger partial charge in [-0.15, -0.1) is 0 Å². The van der Waals surface area contributed by atoms with Gasteiger partial charge < -0.3 is 14.8 Å². The molecule has 0 fully saturated rings. The number of aromatic nitrogens is 1. The Kier molecular flexibility index (Phi) is 6.43. The molecule has 1 aliphatic heterocycles. The van der Waals surface area contributed by atoms with E-state index in [1.165, 1.54) is 0 Å². The minimum Gasteiger partial charge on any atom is -0.493 e. The maximum absolute atomic E-state index is 14.0. The molecule has 2 heterocycles. The fourth-order valence-electron chi connectivity index (χ4n) is 4.68. The van der Waals surface area contributed by atoms with Crippen molar-refractivity contribution >= 4 is 44.2 Å². The van der Waals surface area contributed by atoms with Crippen molar-refractivity contribution in [3.05, 3.63) is 124 Å². The fraction of sp³-hybridized carbons (Fsp3) is 0.0968. The van der Waals surface area contributed by atoms with Crippen molar-refractivity contribution in [2.75, 3.05) is 17.3 Å². The highest BCUT2D eigenvalue weighted by Crippen LogP contribution is 2.43. The Hall–Kier alpha value is -4.36. The molecular weight excluding hydrogens is 542 g/mol. The lowest BCUT2D eigenvalue weighted by atomic mass is 10.0. The summed E-state index contributed by atoms with van der Waals surface area (Å²) in [5.74, 6) is 1.57. The van der Waals surface area contributed by atoms with E-state index in [1.54, 1.807) is 12.0 Å². The van der Waals surface area contributed by atoms with Gasteiger partial charge in [0.2, 0.25) is 0 Å². The van der Waals surface area contributed by atoms with Gasteiger partial charge in [-0.05, 0) is 57.9 Å². The van der Waals surface area contributed by atoms with Crippen molar-refractivity contribution in [1.82, 2.24) is 4.98 Å². The van der Waals surface area contributed by atoms with Gasteiger partial charge in [0, 0.05) is 16.6 Å². The van der Waals surface area contributed by atoms with Gasteiger partial charge in [-0.3, -0.25) is 9.69 Å². The first-order valence-electron chi connectivity index (χ1n) is 12.2. The molecule has 0 radical (unpaired) electrons. The van der Waals surface area contributed by atoms with E-state index < -0.39 is 6.17 Å². The Morgan fingerprint density at radius 3 is 2.39 bits per heavy atom. The zero-order valence-electron chi connectivity index (χ0n) is 20.6. The average molecular weight is 566 g/mol. The minimum atomic E-state index is -0.528. The summed E-state index contributed by atoms with van der Waals surface area (Å²) >= 11 is 3.68. The Morgan fingerprint density at radius 1 is 0.921 bits per heavy atom. The molecule has 6 rings (SSSR count). The number of fused-ring (bicyclic) bond motifs is 2. The summed E-state index contributed by atoms with van der Waals surface area (Å²) in [6, 6.07) is 33.1. The second-order valence-corrected chi connectivity index (χ2v) is 9.80. The fourth-order valence-corrected chi connectivity index (χ4v) is 5.26. The number of ether oxygens (including phenoxy) is 2. The zero-order chi connectivity index (χ0) is 26.1. The number of anilines is 2. The third-order valence-corrected chi connectivity index (χ3v) is 7.12. The molecule has 1 aromatic heterocycles. The summed E-state index contributed by atoms with van der Waals surface area (Å²) in [7, 11) is 1.61. The molecule has 0 spiro atoms. The number of halogens is 1. The number of carbonyl (C=O) groups excluding carboxylic acids is 1. The minimum absolute atomic E-state index is 0.132. The molecule has 1 atom stereocenters. The van der Waals surface area contributed by atoms with Crippen LogP contribution in [0.4, 0.5) is 11.5 Å². The molecular formula is C31H24BrN3O3. The second kappa shape index (κ2) is 10.2. The molecule has 38 heavy (non-hydrogen) atoms. The van der Waals surface area contributed by atoms with E-state index in [1.807, 2.05) is 103 Å². The van der Waals surface area contributed by atoms with Crippen LogP contribution in [-0.4, -0.2) is 18.0 Å². The number of hydrogen-bond acceptors (Lipinski definition) is 5. The largest absolute Gasteiger partial charge is 0.493 e. The van der Waals surface area contributed by atoms with Crippen LogP contribution in [0.1, 0.15) is 27.7 Å². The Labute approximate surface area is 229 Å². The normalized spacial score (nSPS) is 14.6. The summed E-state index contributed by atoms with van der Waals surface area (Å²) in [6.45, 7) is 0.399. The maximum atomic E-state index is 14.0. The van der Waals surface area contributed by atoms with E-state index in [2.05, 4.69) is 21.2 Å². The highest BCUT2D eigenvalue weighted by atomic mass is 79.9. The number of nitrogens with one attached hydrogen (secondary N) is 1. The predicted molar refractivity (Wildman–Crippen MR) is 153 cm³/mol. The zero-order valence-corrected chi connectivity index (χ0v) is 22.2. The molecule has 6 nitrogen and oxygen atoms in total. The second-order valence-electron chi connectivity index (χ2n) is 8.94. The average Bonchev–Trinajstić information content (AvgIpc) is 2.96. The van der Waals surface area contributed by atoms with Gasteiger partial charge >= 0.3 is 0 Å². The number of carbonyl (C=O) groups is 1. The van der Waals surface area contributed by atoms with Crippen LogP contribution < -0.4 is 19.7 Å². The summed E-state index contributed by atoms with van der Waals surface area (Å²) in [6.07, 6.45) is -0.528. The van der Waals surface area contributed by atoms with E-state index >= 15 is 0 Å². The van der Waals surface area contributed by atoms with Crippen LogP contribution in [0.25, 0.3) is 10.9 Å². The number of benzene rings is 4. The van der Waals surface area contributed by atoms with Crippen LogP contribution in [-0.2, 0) is 6.61 Å². The number of nitrogens with zero attached hydrogens (tertiary/aromatic N) is 2. The van der Waals surface area contributed by atoms with Gasteiger partial charge in [0.15, 0.2) is 11.5 Å². The molecule has 0 unspecified atom stereocenters. The molecule has 1 aliphatic rings. The quantitative estimate of drug-likeness (QED) is 0.233. The molecule has 5 aromatic rings. The van der Waals surface area contributed by atoms with Crippen molar-refractivity contribution in [3.63, 3.8) is 0 Å². The summed E-state index contributed by atoms with van der Waals surface area (Å²) < 4.78 is 12.6. The Balaban J connectivity index is 1.43. The molecule has 188 valence electrons. The summed E-state index contributed by atoms with van der Waals surface area (Å²) in [5.41, 5.74) is 3.99. The van der Waals surface area contributed by atoms with Crippen LogP contribution in [0.5, 0.6) is 11.5 Å². The molecule has 1 amide bonds. The molecule has 0 saturated carbocycles. The molecule has 0 aliphatic carbocycles. The van der Waals surface area contributed by atoms with Gasteiger partial charge in [-0.1, -0.05) is 66.7 Å². The molecule has 0 bridgehead atoms. The first-order valence-corrected chi connectivity index (χ1v) is 13.0. The molecule has 1 N–H and O–H groups in total. The van der Waals surface area contributed by atoms with E-state index in [4.69, 9.17) is 14.5 Å². The summed E-state index contributed by atoms with van der Waals surface area (Å²) in [4.78, 5) is 20.5. The first-order chi connectivity index (χ1) is 18.6. The molecule has 7 heteroatoms. The Morgan fingerprint density at radius 2 is 1.63 bits per heavy atom. The van der Waals surface area contributed by atoms with Crippen molar-refractivity contribution in [1.29, 1.82) is 0 Å². The van der Waals surface area contributed by atoms with Gasteiger partial charge in [-0.2, -0.15) is 0 Å². The lowest BCUT2D eigenvalue weighted by Gasteiger charge is -2.38. The van der Waals surface area contributed by atoms with Gasteiger partial charge in [-0.25, -0.2) is 4.98 Å². The van der Waals surface area contributed by atoms with Crippen molar-refractivity contribution in [3.8, 4) is 11.5 Å². The Bertz CT molecular complexity index is 1630. The van der Waals surface area contributed by atoms with Gasteiger partial charge in [0.25, 0.3) is 5.91 Å². The third kappa shape index (κ3) is 4.46. The number of pyridine rings is 1. The molecule has 0 saturated heterocycles. The van der Waals surface area contributed by atoms with Crippen LogP contribution in [0.15, 0.2) is 108 Å². The van der Waals surface area contributed by atoms with Crippen LogP contribution in [0.3, 0.4) is 0 Å². The van der Waals surface area contributed by atoms with Crippen LogP contribution in [0.2, 0.25) is 0 Å². The monoisotopic (exact) mass is 565 g/mol. The number of para-hydroxylation sites is 2. The smallest absolute Gasteiger partial charge is 0.264 e. The summed E-state index contributed by atoms with van der Waals surface area (Å²) in [5, 5.41) is 4.43. The predicted octanol–water partition coefficient (Wildman–Crippen LogP) is 7.36. The third-order valence-electron chi connectivity index (χ3n) is 6.53. The standard InChI is InChI=1S/C31H24BrN3O3/c1-37-27-18-22(17-25(32)28(27)38-19-20-10-4-2-5-11-20)30-34-29-24(16-21-12-8-9-15-26(21)33-29)31(36)35(30)23-13-6-3-7-14-23/h2-18,30H,19H2,1H3,(H,33,34)/t30-/m1/s1. The lowest BCUT2D eigenvalue weighted by molar-refractivity contribution is 0.0974. The number of amides is 1. The van der Waals surface area contributed by atoms with Crippen molar-refractivity contribution in [2.24, 2.45) is 0 Å². The SMILES string of the molecule is COc1cc([C@@H]2Nc3nc4ccccc4cc3C(=O)N2c2ccccc2)cc(Br)c1OCc1ccccc1.